The molecule has 2 aliphatic heterocycles. The number of aromatic nitrogens is 1. The fourth-order valence-corrected chi connectivity index (χ4v) is 4.61. The van der Waals surface area contributed by atoms with Gasteiger partial charge in [0.1, 0.15) is 17.6 Å². The van der Waals surface area contributed by atoms with Crippen LogP contribution in [-0.4, -0.2) is 42.0 Å². The van der Waals surface area contributed by atoms with E-state index in [0.29, 0.717) is 12.1 Å². The summed E-state index contributed by atoms with van der Waals surface area (Å²) in [5, 5.41) is 9.14. The Kier molecular flexibility index (Phi) is 5.29. The van der Waals surface area contributed by atoms with Crippen LogP contribution >= 0.6 is 0 Å². The Morgan fingerprint density at radius 2 is 1.93 bits per heavy atom. The normalized spacial score (nSPS) is 22.3. The van der Waals surface area contributed by atoms with E-state index in [1.807, 2.05) is 18.2 Å². The fourth-order valence-electron chi connectivity index (χ4n) is 4.61. The van der Waals surface area contributed by atoms with Crippen LogP contribution in [-0.2, 0) is 11.2 Å². The van der Waals surface area contributed by atoms with Crippen LogP contribution in [0.25, 0.3) is 0 Å². The number of hydrogen-bond acceptors (Lipinski definition) is 4. The number of likely N-dealkylation sites (tertiary alicyclic amines) is 1. The van der Waals surface area contributed by atoms with Crippen LogP contribution in [0.5, 0.6) is 0 Å². The van der Waals surface area contributed by atoms with Gasteiger partial charge in [-0.2, -0.15) is 5.26 Å². The maximum atomic E-state index is 12.5. The molecule has 5 nitrogen and oxygen atoms in total. The van der Waals surface area contributed by atoms with E-state index in [4.69, 9.17) is 5.26 Å². The Labute approximate surface area is 166 Å². The third kappa shape index (κ3) is 4.01. The number of pyridine rings is 1. The largest absolute Gasteiger partial charge is 0.356 e. The topological polar surface area (TPSA) is 60.2 Å². The van der Waals surface area contributed by atoms with Crippen molar-refractivity contribution in [1.82, 2.24) is 9.88 Å². The van der Waals surface area contributed by atoms with Gasteiger partial charge in [0.2, 0.25) is 5.91 Å². The Morgan fingerprint density at radius 1 is 1.07 bits per heavy atom. The van der Waals surface area contributed by atoms with E-state index in [-0.39, 0.29) is 11.3 Å². The van der Waals surface area contributed by atoms with Gasteiger partial charge in [0.05, 0.1) is 0 Å². The standard InChI is InChI=1S/C23H26N4O/c24-16-20-8-4-9-21(25-20)26-14-5-12-23(17-26)13-10-22(28)27(18-23)15-11-19-6-2-1-3-7-19/h1-4,6-9H,5,10-15,17-18H2/t23-/m0/s1. The van der Waals surface area contributed by atoms with Crippen LogP contribution in [0.15, 0.2) is 48.5 Å². The number of carbonyl (C=O) groups excluding carboxylic acids is 1. The SMILES string of the molecule is N#Cc1cccc(N2CCC[C@]3(CCC(=O)N(CCc4ccccc4)C3)C2)n1. The zero-order chi connectivity index (χ0) is 19.4. The van der Waals surface area contributed by atoms with Crippen molar-refractivity contribution in [1.29, 1.82) is 5.26 Å². The summed E-state index contributed by atoms with van der Waals surface area (Å²) in [4.78, 5) is 21.4. The molecule has 0 saturated carbocycles. The Bertz CT molecular complexity index is 876. The summed E-state index contributed by atoms with van der Waals surface area (Å²) in [6.45, 7) is 3.48. The molecule has 3 heterocycles. The molecule has 0 N–H and O–H groups in total. The van der Waals surface area contributed by atoms with Crippen molar-refractivity contribution >= 4 is 11.7 Å². The van der Waals surface area contributed by atoms with Gasteiger partial charge in [-0.15, -0.1) is 0 Å². The molecular weight excluding hydrogens is 348 g/mol. The number of amides is 1. The second-order valence-corrected chi connectivity index (χ2v) is 8.07. The predicted octanol–water partition coefficient (Wildman–Crippen LogP) is 3.40. The molecule has 0 radical (unpaired) electrons. The average molecular weight is 374 g/mol. The molecule has 2 aromatic rings. The van der Waals surface area contributed by atoms with Crippen molar-refractivity contribution in [2.75, 3.05) is 31.1 Å². The minimum Gasteiger partial charge on any atom is -0.356 e. The molecule has 2 saturated heterocycles. The number of nitrogens with zero attached hydrogens (tertiary/aromatic N) is 4. The maximum absolute atomic E-state index is 12.5. The van der Waals surface area contributed by atoms with Crippen molar-refractivity contribution in [3.05, 3.63) is 59.8 Å². The van der Waals surface area contributed by atoms with Gasteiger partial charge in [-0.05, 0) is 43.4 Å². The first-order valence-corrected chi connectivity index (χ1v) is 10.1. The third-order valence-electron chi connectivity index (χ3n) is 6.10. The molecular formula is C23H26N4O. The van der Waals surface area contributed by atoms with Gasteiger partial charge in [0.25, 0.3) is 0 Å². The van der Waals surface area contributed by atoms with Crippen molar-refractivity contribution in [3.8, 4) is 6.07 Å². The van der Waals surface area contributed by atoms with E-state index < -0.39 is 0 Å². The summed E-state index contributed by atoms with van der Waals surface area (Å²) < 4.78 is 0. The van der Waals surface area contributed by atoms with Crippen LogP contribution in [0.4, 0.5) is 5.82 Å². The molecule has 28 heavy (non-hydrogen) atoms. The number of piperidine rings is 2. The van der Waals surface area contributed by atoms with Gasteiger partial charge in [-0.1, -0.05) is 36.4 Å². The van der Waals surface area contributed by atoms with Crippen molar-refractivity contribution in [3.63, 3.8) is 0 Å². The van der Waals surface area contributed by atoms with Gasteiger partial charge < -0.3 is 9.80 Å². The van der Waals surface area contributed by atoms with E-state index in [2.05, 4.69) is 45.1 Å². The van der Waals surface area contributed by atoms with Gasteiger partial charge >= 0.3 is 0 Å². The van der Waals surface area contributed by atoms with E-state index >= 15 is 0 Å². The first kappa shape index (κ1) is 18.5. The highest BCUT2D eigenvalue weighted by Gasteiger charge is 2.41. The molecule has 4 rings (SSSR count). The Balaban J connectivity index is 1.45. The van der Waals surface area contributed by atoms with Crippen LogP contribution in [0.3, 0.4) is 0 Å². The summed E-state index contributed by atoms with van der Waals surface area (Å²) in [5.74, 6) is 1.16. The number of rotatable bonds is 4. The monoisotopic (exact) mass is 374 g/mol. The zero-order valence-electron chi connectivity index (χ0n) is 16.2. The van der Waals surface area contributed by atoms with Crippen LogP contribution < -0.4 is 4.90 Å². The van der Waals surface area contributed by atoms with Crippen molar-refractivity contribution in [2.45, 2.75) is 32.1 Å². The lowest BCUT2D eigenvalue weighted by molar-refractivity contribution is -0.137. The third-order valence-corrected chi connectivity index (χ3v) is 6.10. The lowest BCUT2D eigenvalue weighted by Gasteiger charge is -2.48. The number of benzene rings is 1. The molecule has 2 fully saturated rings. The molecule has 1 aromatic carbocycles. The lowest BCUT2D eigenvalue weighted by Crippen LogP contribution is -2.54. The summed E-state index contributed by atoms with van der Waals surface area (Å²) in [7, 11) is 0. The Hall–Kier alpha value is -2.87. The number of hydrogen-bond donors (Lipinski definition) is 0. The highest BCUT2D eigenvalue weighted by atomic mass is 16.2. The van der Waals surface area contributed by atoms with Crippen LogP contribution in [0.1, 0.15) is 36.9 Å². The number of carbonyl (C=O) groups is 1. The van der Waals surface area contributed by atoms with Crippen molar-refractivity contribution in [2.24, 2.45) is 5.41 Å². The summed E-state index contributed by atoms with van der Waals surface area (Å²) >= 11 is 0. The second kappa shape index (κ2) is 8.02. The molecule has 144 valence electrons. The van der Waals surface area contributed by atoms with E-state index in [1.54, 1.807) is 6.07 Å². The van der Waals surface area contributed by atoms with Crippen LogP contribution in [0, 0.1) is 16.7 Å². The Morgan fingerprint density at radius 3 is 2.75 bits per heavy atom. The fraction of sp³-hybridized carbons (Fsp3) is 0.435. The van der Waals surface area contributed by atoms with Gasteiger partial charge in [0.15, 0.2) is 0 Å². The molecule has 1 amide bonds. The summed E-state index contributed by atoms with van der Waals surface area (Å²) in [5.41, 5.74) is 1.87. The minimum atomic E-state index is 0.132. The van der Waals surface area contributed by atoms with E-state index in [9.17, 15) is 4.79 Å². The van der Waals surface area contributed by atoms with Crippen LogP contribution in [0.2, 0.25) is 0 Å². The minimum absolute atomic E-state index is 0.132. The van der Waals surface area contributed by atoms with Gasteiger partial charge in [-0.3, -0.25) is 4.79 Å². The molecule has 1 spiro atoms. The number of anilines is 1. The zero-order valence-corrected chi connectivity index (χ0v) is 16.2. The smallest absolute Gasteiger partial charge is 0.222 e. The molecule has 2 aliphatic rings. The average Bonchev–Trinajstić information content (AvgIpc) is 2.75. The van der Waals surface area contributed by atoms with E-state index in [0.717, 1.165) is 57.7 Å². The van der Waals surface area contributed by atoms with Gasteiger partial charge in [-0.25, -0.2) is 4.98 Å². The first-order chi connectivity index (χ1) is 13.7. The number of nitriles is 1. The maximum Gasteiger partial charge on any atom is 0.222 e. The van der Waals surface area contributed by atoms with Crippen molar-refractivity contribution < 1.29 is 4.79 Å². The second-order valence-electron chi connectivity index (χ2n) is 8.07. The highest BCUT2D eigenvalue weighted by Crippen LogP contribution is 2.40. The predicted molar refractivity (Wildman–Crippen MR) is 109 cm³/mol. The lowest BCUT2D eigenvalue weighted by atomic mass is 9.73. The molecule has 5 heteroatoms. The molecule has 0 unspecified atom stereocenters. The summed E-state index contributed by atoms with van der Waals surface area (Å²) in [6.07, 6.45) is 4.73. The molecule has 0 bridgehead atoms. The molecule has 0 aliphatic carbocycles. The summed E-state index contributed by atoms with van der Waals surface area (Å²) in [6, 6.07) is 18.1. The van der Waals surface area contributed by atoms with Gasteiger partial charge in [0, 0.05) is 38.0 Å². The quantitative estimate of drug-likeness (QED) is 0.823. The first-order valence-electron chi connectivity index (χ1n) is 10.1. The molecule has 1 aromatic heterocycles. The molecule has 1 atom stereocenters. The highest BCUT2D eigenvalue weighted by molar-refractivity contribution is 5.77. The van der Waals surface area contributed by atoms with E-state index in [1.165, 1.54) is 5.56 Å².